The Morgan fingerprint density at radius 2 is 1.95 bits per heavy atom. The Morgan fingerprint density at radius 1 is 1.05 bits per heavy atom. The summed E-state index contributed by atoms with van der Waals surface area (Å²) in [6, 6.07) is 1.23. The van der Waals surface area contributed by atoms with Gasteiger partial charge in [0.25, 0.3) is 0 Å². The smallest absolute Gasteiger partial charge is 0.222 e. The summed E-state index contributed by atoms with van der Waals surface area (Å²) in [5, 5.41) is 3.55. The summed E-state index contributed by atoms with van der Waals surface area (Å²) >= 11 is 0. The Morgan fingerprint density at radius 3 is 2.80 bits per heavy atom. The van der Waals surface area contributed by atoms with Crippen LogP contribution < -0.4 is 5.32 Å². The van der Waals surface area contributed by atoms with E-state index in [2.05, 4.69) is 15.1 Å². The Kier molecular flexibility index (Phi) is 4.94. The van der Waals surface area contributed by atoms with Crippen LogP contribution in [0.25, 0.3) is 0 Å². The molecule has 0 aromatic carbocycles. The van der Waals surface area contributed by atoms with Gasteiger partial charge in [-0.25, -0.2) is 0 Å². The highest BCUT2D eigenvalue weighted by molar-refractivity contribution is 5.76. The molecule has 0 aliphatic carbocycles. The Hall–Kier alpha value is -0.610. The van der Waals surface area contributed by atoms with Crippen molar-refractivity contribution in [1.82, 2.24) is 15.1 Å². The van der Waals surface area contributed by atoms with Crippen LogP contribution in [-0.2, 0) is 4.79 Å². The van der Waals surface area contributed by atoms with Crippen molar-refractivity contribution in [3.8, 4) is 0 Å². The predicted octanol–water partition coefficient (Wildman–Crippen LogP) is 1.61. The van der Waals surface area contributed by atoms with Gasteiger partial charge in [-0.3, -0.25) is 9.69 Å². The van der Waals surface area contributed by atoms with Crippen LogP contribution in [-0.4, -0.2) is 60.5 Å². The lowest BCUT2D eigenvalue weighted by atomic mass is 10.0. The van der Waals surface area contributed by atoms with Crippen molar-refractivity contribution in [3.63, 3.8) is 0 Å². The van der Waals surface area contributed by atoms with Crippen molar-refractivity contribution >= 4 is 5.91 Å². The van der Waals surface area contributed by atoms with Crippen LogP contribution in [0.15, 0.2) is 0 Å². The second kappa shape index (κ2) is 6.90. The Balaban J connectivity index is 1.46. The zero-order chi connectivity index (χ0) is 13.8. The molecule has 3 aliphatic heterocycles. The zero-order valence-corrected chi connectivity index (χ0v) is 12.6. The first-order valence-corrected chi connectivity index (χ1v) is 8.58. The van der Waals surface area contributed by atoms with Crippen LogP contribution in [0.3, 0.4) is 0 Å². The van der Waals surface area contributed by atoms with Crippen molar-refractivity contribution in [2.45, 2.75) is 63.5 Å². The van der Waals surface area contributed by atoms with Crippen LogP contribution in [0.2, 0.25) is 0 Å². The molecular weight excluding hydrogens is 250 g/mol. The molecule has 3 fully saturated rings. The molecule has 0 bridgehead atoms. The van der Waals surface area contributed by atoms with E-state index in [0.29, 0.717) is 18.0 Å². The number of piperidine rings is 1. The minimum atomic E-state index is 0.395. The molecule has 0 aromatic heterocycles. The molecule has 3 heterocycles. The highest BCUT2D eigenvalue weighted by atomic mass is 16.2. The fraction of sp³-hybridized carbons (Fsp3) is 0.938. The third-order valence-electron chi connectivity index (χ3n) is 5.28. The minimum Gasteiger partial charge on any atom is -0.341 e. The quantitative estimate of drug-likeness (QED) is 0.852. The predicted molar refractivity (Wildman–Crippen MR) is 80.7 cm³/mol. The SMILES string of the molecule is O=C(CCC1CCCCN1)N1CCCN2CCCC2C1. The van der Waals surface area contributed by atoms with Gasteiger partial charge in [0, 0.05) is 38.1 Å². The number of hydrogen-bond donors (Lipinski definition) is 1. The summed E-state index contributed by atoms with van der Waals surface area (Å²) in [4.78, 5) is 17.2. The van der Waals surface area contributed by atoms with Gasteiger partial charge < -0.3 is 10.2 Å². The molecule has 3 aliphatic rings. The lowest BCUT2D eigenvalue weighted by Gasteiger charge is -2.27. The summed E-state index contributed by atoms with van der Waals surface area (Å²) in [6.45, 7) is 5.54. The van der Waals surface area contributed by atoms with Crippen LogP contribution in [0, 0.1) is 0 Å². The molecule has 1 N–H and O–H groups in total. The summed E-state index contributed by atoms with van der Waals surface area (Å²) in [5.41, 5.74) is 0. The molecule has 0 saturated carbocycles. The Bertz CT molecular complexity index is 328. The van der Waals surface area contributed by atoms with Crippen molar-refractivity contribution in [1.29, 1.82) is 0 Å². The second-order valence-corrected chi connectivity index (χ2v) is 6.71. The highest BCUT2D eigenvalue weighted by Crippen LogP contribution is 2.22. The molecule has 0 aromatic rings. The third kappa shape index (κ3) is 3.53. The molecule has 2 atom stereocenters. The molecule has 114 valence electrons. The number of nitrogens with one attached hydrogen (secondary N) is 1. The lowest BCUT2D eigenvalue weighted by molar-refractivity contribution is -0.131. The van der Waals surface area contributed by atoms with Gasteiger partial charge in [0.05, 0.1) is 0 Å². The summed E-state index contributed by atoms with van der Waals surface area (Å²) < 4.78 is 0. The summed E-state index contributed by atoms with van der Waals surface area (Å²) in [7, 11) is 0. The van der Waals surface area contributed by atoms with E-state index >= 15 is 0 Å². The molecule has 0 radical (unpaired) electrons. The fourth-order valence-electron chi connectivity index (χ4n) is 4.06. The van der Waals surface area contributed by atoms with Gasteiger partial charge in [-0.2, -0.15) is 0 Å². The number of fused-ring (bicyclic) bond motifs is 1. The van der Waals surface area contributed by atoms with Gasteiger partial charge in [-0.1, -0.05) is 6.42 Å². The summed E-state index contributed by atoms with van der Waals surface area (Å²) in [5.74, 6) is 0.395. The standard InChI is InChI=1S/C16H29N3O/c20-16(8-7-14-5-1-2-9-17-14)19-12-4-11-18-10-3-6-15(18)13-19/h14-15,17H,1-13H2. The number of amides is 1. The number of hydrogen-bond acceptors (Lipinski definition) is 3. The van der Waals surface area contributed by atoms with Gasteiger partial charge in [0.2, 0.25) is 5.91 Å². The molecular formula is C16H29N3O. The second-order valence-electron chi connectivity index (χ2n) is 6.71. The van der Waals surface area contributed by atoms with E-state index in [1.807, 2.05) is 0 Å². The van der Waals surface area contributed by atoms with E-state index in [-0.39, 0.29) is 0 Å². The largest absolute Gasteiger partial charge is 0.341 e. The molecule has 4 nitrogen and oxygen atoms in total. The first-order chi connectivity index (χ1) is 9.83. The number of carbonyl (C=O) groups is 1. The van der Waals surface area contributed by atoms with Crippen LogP contribution in [0.5, 0.6) is 0 Å². The third-order valence-corrected chi connectivity index (χ3v) is 5.28. The van der Waals surface area contributed by atoms with E-state index in [0.717, 1.165) is 38.9 Å². The van der Waals surface area contributed by atoms with Gasteiger partial charge in [0.15, 0.2) is 0 Å². The van der Waals surface area contributed by atoms with E-state index < -0.39 is 0 Å². The van der Waals surface area contributed by atoms with E-state index in [1.165, 1.54) is 45.2 Å². The molecule has 4 heteroatoms. The van der Waals surface area contributed by atoms with Crippen LogP contribution >= 0.6 is 0 Å². The van der Waals surface area contributed by atoms with Crippen molar-refractivity contribution in [2.24, 2.45) is 0 Å². The zero-order valence-electron chi connectivity index (χ0n) is 12.6. The molecule has 20 heavy (non-hydrogen) atoms. The molecule has 2 unspecified atom stereocenters. The van der Waals surface area contributed by atoms with Gasteiger partial charge in [-0.05, 0) is 51.6 Å². The molecule has 3 saturated heterocycles. The van der Waals surface area contributed by atoms with Gasteiger partial charge >= 0.3 is 0 Å². The number of rotatable bonds is 3. The van der Waals surface area contributed by atoms with Crippen molar-refractivity contribution in [3.05, 3.63) is 0 Å². The van der Waals surface area contributed by atoms with Gasteiger partial charge in [0.1, 0.15) is 0 Å². The first-order valence-electron chi connectivity index (χ1n) is 8.58. The van der Waals surface area contributed by atoms with E-state index in [9.17, 15) is 4.79 Å². The topological polar surface area (TPSA) is 35.6 Å². The minimum absolute atomic E-state index is 0.395. The highest BCUT2D eigenvalue weighted by Gasteiger charge is 2.30. The normalized spacial score (nSPS) is 31.9. The number of nitrogens with zero attached hydrogens (tertiary/aromatic N) is 2. The van der Waals surface area contributed by atoms with E-state index in [4.69, 9.17) is 0 Å². The van der Waals surface area contributed by atoms with Gasteiger partial charge in [-0.15, -0.1) is 0 Å². The van der Waals surface area contributed by atoms with Crippen molar-refractivity contribution < 1.29 is 4.79 Å². The maximum Gasteiger partial charge on any atom is 0.222 e. The molecule has 1 amide bonds. The van der Waals surface area contributed by atoms with Crippen molar-refractivity contribution in [2.75, 3.05) is 32.7 Å². The maximum atomic E-state index is 12.5. The van der Waals surface area contributed by atoms with Crippen LogP contribution in [0.4, 0.5) is 0 Å². The summed E-state index contributed by atoms with van der Waals surface area (Å²) in [6.07, 6.45) is 9.41. The maximum absolute atomic E-state index is 12.5. The first kappa shape index (κ1) is 14.3. The van der Waals surface area contributed by atoms with Crippen LogP contribution in [0.1, 0.15) is 51.4 Å². The average Bonchev–Trinajstić information content (AvgIpc) is 2.83. The molecule has 0 spiro atoms. The Labute approximate surface area is 122 Å². The van der Waals surface area contributed by atoms with E-state index in [1.54, 1.807) is 0 Å². The lowest BCUT2D eigenvalue weighted by Crippen LogP contribution is -2.40. The monoisotopic (exact) mass is 279 g/mol. The number of carbonyl (C=O) groups excluding carboxylic acids is 1. The average molecular weight is 279 g/mol. The fourth-order valence-corrected chi connectivity index (χ4v) is 4.06. The molecule has 3 rings (SSSR count).